The highest BCUT2D eigenvalue weighted by atomic mass is 15.2. The van der Waals surface area contributed by atoms with Crippen molar-refractivity contribution in [1.82, 2.24) is 4.90 Å². The molecule has 96 valence electrons. The number of nitrogens with zero attached hydrogens (tertiary/aromatic N) is 1. The molecule has 1 aromatic rings. The lowest BCUT2D eigenvalue weighted by molar-refractivity contribution is 0.255. The second-order valence-corrected chi connectivity index (χ2v) is 4.91. The standard InChI is InChI=1S/C16H22N2/c1-2-11-18(16-8-9-16)13-15-6-3-5-14(12-15)7-4-10-17/h3,5-6,12,16H,2,8-11,13,17H2,1H3. The van der Waals surface area contributed by atoms with Crippen LogP contribution in [0.4, 0.5) is 0 Å². The zero-order valence-corrected chi connectivity index (χ0v) is 11.2. The first-order valence-electron chi connectivity index (χ1n) is 6.85. The van der Waals surface area contributed by atoms with E-state index in [1.807, 2.05) is 6.07 Å². The van der Waals surface area contributed by atoms with Gasteiger partial charge in [-0.1, -0.05) is 30.9 Å². The maximum Gasteiger partial charge on any atom is 0.0555 e. The molecule has 0 unspecified atom stereocenters. The van der Waals surface area contributed by atoms with E-state index in [1.54, 1.807) is 0 Å². The third-order valence-corrected chi connectivity index (χ3v) is 3.22. The van der Waals surface area contributed by atoms with Crippen molar-refractivity contribution < 1.29 is 0 Å². The SMILES string of the molecule is CCCN(Cc1cccc(C#CCN)c1)C1CC1. The van der Waals surface area contributed by atoms with Crippen LogP contribution >= 0.6 is 0 Å². The second kappa shape index (κ2) is 6.58. The van der Waals surface area contributed by atoms with Crippen LogP contribution in [0.2, 0.25) is 0 Å². The number of hydrogen-bond donors (Lipinski definition) is 1. The molecule has 1 saturated carbocycles. The van der Waals surface area contributed by atoms with Gasteiger partial charge in [0, 0.05) is 18.2 Å². The first-order valence-corrected chi connectivity index (χ1v) is 6.85. The monoisotopic (exact) mass is 242 g/mol. The van der Waals surface area contributed by atoms with Gasteiger partial charge in [0.25, 0.3) is 0 Å². The quantitative estimate of drug-likeness (QED) is 0.803. The van der Waals surface area contributed by atoms with E-state index in [0.717, 1.165) is 18.2 Å². The van der Waals surface area contributed by atoms with Crippen molar-refractivity contribution in [1.29, 1.82) is 0 Å². The number of nitrogens with two attached hydrogens (primary N) is 1. The second-order valence-electron chi connectivity index (χ2n) is 4.91. The van der Waals surface area contributed by atoms with Gasteiger partial charge in [-0.25, -0.2) is 0 Å². The van der Waals surface area contributed by atoms with Crippen LogP contribution in [-0.4, -0.2) is 24.0 Å². The average molecular weight is 242 g/mol. The Morgan fingerprint density at radius 2 is 2.22 bits per heavy atom. The molecule has 1 aliphatic rings. The Kier molecular flexibility index (Phi) is 4.81. The zero-order valence-electron chi connectivity index (χ0n) is 11.2. The van der Waals surface area contributed by atoms with Crippen LogP contribution in [0, 0.1) is 11.8 Å². The smallest absolute Gasteiger partial charge is 0.0555 e. The van der Waals surface area contributed by atoms with Gasteiger partial charge in [-0.3, -0.25) is 4.90 Å². The van der Waals surface area contributed by atoms with E-state index in [1.165, 1.54) is 31.4 Å². The van der Waals surface area contributed by atoms with Crippen LogP contribution in [0.15, 0.2) is 24.3 Å². The minimum atomic E-state index is 0.425. The molecular formula is C16H22N2. The lowest BCUT2D eigenvalue weighted by atomic mass is 10.1. The van der Waals surface area contributed by atoms with Gasteiger partial charge in [0.2, 0.25) is 0 Å². The predicted octanol–water partition coefficient (Wildman–Crippen LogP) is 2.37. The van der Waals surface area contributed by atoms with Crippen LogP contribution in [-0.2, 0) is 6.54 Å². The van der Waals surface area contributed by atoms with Gasteiger partial charge in [-0.2, -0.15) is 0 Å². The molecule has 1 fully saturated rings. The normalized spacial score (nSPS) is 14.4. The molecule has 1 aromatic carbocycles. The van der Waals surface area contributed by atoms with Gasteiger partial charge in [-0.05, 0) is 43.5 Å². The Labute approximate surface area is 110 Å². The summed E-state index contributed by atoms with van der Waals surface area (Å²) in [4.78, 5) is 2.59. The zero-order chi connectivity index (χ0) is 12.8. The summed E-state index contributed by atoms with van der Waals surface area (Å²) in [5, 5.41) is 0. The summed E-state index contributed by atoms with van der Waals surface area (Å²) in [6, 6.07) is 9.34. The molecule has 0 heterocycles. The molecular weight excluding hydrogens is 220 g/mol. The van der Waals surface area contributed by atoms with Crippen LogP contribution in [0.1, 0.15) is 37.3 Å². The van der Waals surface area contributed by atoms with Gasteiger partial charge < -0.3 is 5.73 Å². The number of hydrogen-bond acceptors (Lipinski definition) is 2. The van der Waals surface area contributed by atoms with Crippen molar-refractivity contribution in [2.24, 2.45) is 5.73 Å². The van der Waals surface area contributed by atoms with E-state index in [0.29, 0.717) is 6.54 Å². The highest BCUT2D eigenvalue weighted by Crippen LogP contribution is 2.28. The summed E-state index contributed by atoms with van der Waals surface area (Å²) in [5.74, 6) is 6.01. The highest BCUT2D eigenvalue weighted by molar-refractivity contribution is 5.37. The van der Waals surface area contributed by atoms with Crippen molar-refractivity contribution >= 4 is 0 Å². The first kappa shape index (κ1) is 13.1. The van der Waals surface area contributed by atoms with E-state index in [9.17, 15) is 0 Å². The van der Waals surface area contributed by atoms with E-state index in [2.05, 4.69) is 41.9 Å². The Morgan fingerprint density at radius 3 is 2.89 bits per heavy atom. The van der Waals surface area contributed by atoms with Gasteiger partial charge in [-0.15, -0.1) is 0 Å². The molecule has 18 heavy (non-hydrogen) atoms. The van der Waals surface area contributed by atoms with Gasteiger partial charge >= 0.3 is 0 Å². The van der Waals surface area contributed by atoms with Crippen LogP contribution in [0.5, 0.6) is 0 Å². The molecule has 0 atom stereocenters. The molecule has 0 saturated heterocycles. The van der Waals surface area contributed by atoms with Crippen molar-refractivity contribution in [2.45, 2.75) is 38.8 Å². The van der Waals surface area contributed by atoms with Crippen LogP contribution in [0.25, 0.3) is 0 Å². The third-order valence-electron chi connectivity index (χ3n) is 3.22. The summed E-state index contributed by atoms with van der Waals surface area (Å²) < 4.78 is 0. The molecule has 2 nitrogen and oxygen atoms in total. The van der Waals surface area contributed by atoms with Crippen molar-refractivity contribution in [3.05, 3.63) is 35.4 Å². The summed E-state index contributed by atoms with van der Waals surface area (Å²) in [6.45, 7) is 4.92. The summed E-state index contributed by atoms with van der Waals surface area (Å²) in [6.07, 6.45) is 3.96. The van der Waals surface area contributed by atoms with Crippen molar-refractivity contribution in [3.63, 3.8) is 0 Å². The van der Waals surface area contributed by atoms with Crippen LogP contribution in [0.3, 0.4) is 0 Å². The summed E-state index contributed by atoms with van der Waals surface area (Å²) in [7, 11) is 0. The fraction of sp³-hybridized carbons (Fsp3) is 0.500. The molecule has 0 spiro atoms. The van der Waals surface area contributed by atoms with Gasteiger partial charge in [0.1, 0.15) is 0 Å². The number of rotatable bonds is 5. The molecule has 2 N–H and O–H groups in total. The lowest BCUT2D eigenvalue weighted by Crippen LogP contribution is -2.26. The van der Waals surface area contributed by atoms with E-state index >= 15 is 0 Å². The van der Waals surface area contributed by atoms with Crippen molar-refractivity contribution in [2.75, 3.05) is 13.1 Å². The van der Waals surface area contributed by atoms with Gasteiger partial charge in [0.05, 0.1) is 6.54 Å². The maximum absolute atomic E-state index is 5.40. The Morgan fingerprint density at radius 1 is 1.39 bits per heavy atom. The minimum absolute atomic E-state index is 0.425. The van der Waals surface area contributed by atoms with Crippen LogP contribution < -0.4 is 5.73 Å². The first-order chi connectivity index (χ1) is 8.83. The van der Waals surface area contributed by atoms with Gasteiger partial charge in [0.15, 0.2) is 0 Å². The fourth-order valence-corrected chi connectivity index (χ4v) is 2.25. The predicted molar refractivity (Wildman–Crippen MR) is 76.1 cm³/mol. The highest BCUT2D eigenvalue weighted by Gasteiger charge is 2.28. The average Bonchev–Trinajstić information content (AvgIpc) is 3.21. The molecule has 0 aromatic heterocycles. The third kappa shape index (κ3) is 3.87. The van der Waals surface area contributed by atoms with E-state index in [4.69, 9.17) is 5.73 Å². The van der Waals surface area contributed by atoms with Crippen molar-refractivity contribution in [3.8, 4) is 11.8 Å². The Bertz CT molecular complexity index is 438. The minimum Gasteiger partial charge on any atom is -0.320 e. The molecule has 0 aliphatic heterocycles. The largest absolute Gasteiger partial charge is 0.320 e. The fourth-order valence-electron chi connectivity index (χ4n) is 2.25. The van der Waals surface area contributed by atoms with E-state index in [-0.39, 0.29) is 0 Å². The summed E-state index contributed by atoms with van der Waals surface area (Å²) >= 11 is 0. The lowest BCUT2D eigenvalue weighted by Gasteiger charge is -2.21. The van der Waals surface area contributed by atoms with E-state index < -0.39 is 0 Å². The Balaban J connectivity index is 2.03. The summed E-state index contributed by atoms with van der Waals surface area (Å²) in [5.41, 5.74) is 7.84. The molecule has 1 aliphatic carbocycles. The Hall–Kier alpha value is -1.30. The molecule has 0 radical (unpaired) electrons. The molecule has 0 amide bonds. The molecule has 2 heteroatoms. The topological polar surface area (TPSA) is 29.3 Å². The molecule has 0 bridgehead atoms. The number of benzene rings is 1. The molecule has 2 rings (SSSR count). The maximum atomic E-state index is 5.40.